The molecule has 0 saturated carbocycles. The van der Waals surface area contributed by atoms with Crippen LogP contribution in [0.25, 0.3) is 0 Å². The number of nitrogens with one attached hydrogen (secondary N) is 2. The van der Waals surface area contributed by atoms with Crippen molar-refractivity contribution in [2.24, 2.45) is 5.92 Å². The Bertz CT molecular complexity index is 494. The average Bonchev–Trinajstić information content (AvgIpc) is 2.31. The van der Waals surface area contributed by atoms with Crippen LogP contribution in [0, 0.1) is 15.3 Å². The number of aliphatic carboxylic acids is 1. The zero-order valence-electron chi connectivity index (χ0n) is 10.4. The van der Waals surface area contributed by atoms with Crippen molar-refractivity contribution in [3.8, 4) is 0 Å². The Balaban J connectivity index is 2.75. The number of anilines is 1. The molecule has 0 radical (unpaired) electrons. The molecule has 104 valence electrons. The molecule has 1 atom stereocenters. The molecular formula is C12H14FIN2O3. The van der Waals surface area contributed by atoms with E-state index in [9.17, 15) is 14.0 Å². The fourth-order valence-corrected chi connectivity index (χ4v) is 1.91. The van der Waals surface area contributed by atoms with Gasteiger partial charge in [-0.3, -0.25) is 0 Å². The van der Waals surface area contributed by atoms with Crippen LogP contribution in [-0.4, -0.2) is 23.1 Å². The Labute approximate surface area is 123 Å². The molecule has 5 nitrogen and oxygen atoms in total. The fourth-order valence-electron chi connectivity index (χ4n) is 1.41. The largest absolute Gasteiger partial charge is 0.480 e. The van der Waals surface area contributed by atoms with E-state index in [1.807, 2.05) is 0 Å². The van der Waals surface area contributed by atoms with E-state index in [2.05, 4.69) is 10.6 Å². The van der Waals surface area contributed by atoms with Gasteiger partial charge in [-0.2, -0.15) is 0 Å². The quantitative estimate of drug-likeness (QED) is 0.703. The molecule has 2 amide bonds. The highest BCUT2D eigenvalue weighted by molar-refractivity contribution is 14.1. The van der Waals surface area contributed by atoms with Gasteiger partial charge in [-0.15, -0.1) is 0 Å². The van der Waals surface area contributed by atoms with E-state index in [1.165, 1.54) is 18.2 Å². The molecule has 0 fully saturated rings. The van der Waals surface area contributed by atoms with E-state index < -0.39 is 23.9 Å². The van der Waals surface area contributed by atoms with Gasteiger partial charge in [0, 0.05) is 0 Å². The average molecular weight is 380 g/mol. The van der Waals surface area contributed by atoms with Gasteiger partial charge in [0.15, 0.2) is 0 Å². The number of hydrogen-bond donors (Lipinski definition) is 3. The molecule has 7 heteroatoms. The third kappa shape index (κ3) is 4.34. The van der Waals surface area contributed by atoms with Gasteiger partial charge in [-0.05, 0) is 40.6 Å². The minimum absolute atomic E-state index is 0.255. The number of carboxylic acids is 1. The number of rotatable bonds is 4. The third-order valence-electron chi connectivity index (χ3n) is 2.42. The van der Waals surface area contributed by atoms with E-state index in [-0.39, 0.29) is 9.49 Å². The second-order valence-corrected chi connectivity index (χ2v) is 5.34. The number of carbonyl (C=O) groups excluding carboxylic acids is 1. The van der Waals surface area contributed by atoms with Gasteiger partial charge >= 0.3 is 12.0 Å². The van der Waals surface area contributed by atoms with Crippen molar-refractivity contribution in [3.63, 3.8) is 0 Å². The van der Waals surface area contributed by atoms with E-state index in [4.69, 9.17) is 5.11 Å². The highest BCUT2D eigenvalue weighted by Gasteiger charge is 2.23. The van der Waals surface area contributed by atoms with Crippen molar-refractivity contribution in [3.05, 3.63) is 27.6 Å². The number of amides is 2. The van der Waals surface area contributed by atoms with Gasteiger partial charge in [-0.25, -0.2) is 14.0 Å². The summed E-state index contributed by atoms with van der Waals surface area (Å²) in [7, 11) is 0. The zero-order valence-corrected chi connectivity index (χ0v) is 12.6. The van der Waals surface area contributed by atoms with E-state index >= 15 is 0 Å². The molecule has 1 rings (SSSR count). The Morgan fingerprint density at radius 3 is 2.53 bits per heavy atom. The highest BCUT2D eigenvalue weighted by atomic mass is 127. The molecule has 0 aromatic heterocycles. The molecule has 0 unspecified atom stereocenters. The van der Waals surface area contributed by atoms with Crippen molar-refractivity contribution < 1.29 is 19.1 Å². The third-order valence-corrected chi connectivity index (χ3v) is 3.52. The SMILES string of the molecule is CC(C)[C@@H](NC(=O)Nc1cccc(F)c1I)C(=O)O. The first-order valence-corrected chi connectivity index (χ1v) is 6.65. The van der Waals surface area contributed by atoms with Gasteiger partial charge in [0.25, 0.3) is 0 Å². The summed E-state index contributed by atoms with van der Waals surface area (Å²) in [4.78, 5) is 22.6. The second-order valence-electron chi connectivity index (χ2n) is 4.26. The van der Waals surface area contributed by atoms with Crippen LogP contribution in [0.4, 0.5) is 14.9 Å². The summed E-state index contributed by atoms with van der Waals surface area (Å²) >= 11 is 1.76. The van der Waals surface area contributed by atoms with Crippen LogP contribution >= 0.6 is 22.6 Å². The minimum atomic E-state index is -1.11. The second kappa shape index (κ2) is 6.69. The summed E-state index contributed by atoms with van der Waals surface area (Å²) in [5.41, 5.74) is 0.297. The lowest BCUT2D eigenvalue weighted by Gasteiger charge is -2.18. The molecule has 0 spiro atoms. The van der Waals surface area contributed by atoms with Crippen molar-refractivity contribution in [2.45, 2.75) is 19.9 Å². The van der Waals surface area contributed by atoms with Crippen molar-refractivity contribution >= 4 is 40.3 Å². The van der Waals surface area contributed by atoms with Gasteiger partial charge in [-0.1, -0.05) is 19.9 Å². The maximum Gasteiger partial charge on any atom is 0.326 e. The first kappa shape index (κ1) is 15.7. The van der Waals surface area contributed by atoms with Crippen LogP contribution in [0.1, 0.15) is 13.8 Å². The molecule has 19 heavy (non-hydrogen) atoms. The first-order chi connectivity index (χ1) is 8.82. The van der Waals surface area contributed by atoms with Crippen LogP contribution < -0.4 is 10.6 Å². The van der Waals surface area contributed by atoms with Crippen LogP contribution in [0.3, 0.4) is 0 Å². The molecule has 3 N–H and O–H groups in total. The smallest absolute Gasteiger partial charge is 0.326 e. The lowest BCUT2D eigenvalue weighted by Crippen LogP contribution is -2.46. The van der Waals surface area contributed by atoms with Crippen LogP contribution in [0.5, 0.6) is 0 Å². The van der Waals surface area contributed by atoms with Crippen LogP contribution in [0.2, 0.25) is 0 Å². The zero-order chi connectivity index (χ0) is 14.6. The minimum Gasteiger partial charge on any atom is -0.480 e. The van der Waals surface area contributed by atoms with Crippen molar-refractivity contribution in [1.82, 2.24) is 5.32 Å². The van der Waals surface area contributed by atoms with Crippen molar-refractivity contribution in [1.29, 1.82) is 0 Å². The molecule has 0 heterocycles. The molecule has 0 aliphatic heterocycles. The molecule has 0 aliphatic rings. The van der Waals surface area contributed by atoms with Gasteiger partial charge < -0.3 is 15.7 Å². The summed E-state index contributed by atoms with van der Waals surface area (Å²) in [5, 5.41) is 13.7. The summed E-state index contributed by atoms with van der Waals surface area (Å²) in [5.74, 6) is -1.81. The maximum absolute atomic E-state index is 13.3. The van der Waals surface area contributed by atoms with E-state index in [1.54, 1.807) is 36.4 Å². The Morgan fingerprint density at radius 2 is 2.00 bits per heavy atom. The van der Waals surface area contributed by atoms with E-state index in [0.29, 0.717) is 5.69 Å². The normalized spacial score (nSPS) is 12.1. The Kier molecular flexibility index (Phi) is 5.52. The number of halogens is 2. The Morgan fingerprint density at radius 1 is 1.37 bits per heavy atom. The molecule has 1 aromatic rings. The summed E-state index contributed by atoms with van der Waals surface area (Å²) < 4.78 is 13.5. The van der Waals surface area contributed by atoms with Gasteiger partial charge in [0.05, 0.1) is 9.26 Å². The van der Waals surface area contributed by atoms with Crippen LogP contribution in [-0.2, 0) is 4.79 Å². The monoisotopic (exact) mass is 380 g/mol. The molecule has 0 saturated heterocycles. The van der Waals surface area contributed by atoms with Crippen molar-refractivity contribution in [2.75, 3.05) is 5.32 Å². The fraction of sp³-hybridized carbons (Fsp3) is 0.333. The maximum atomic E-state index is 13.3. The summed E-state index contributed by atoms with van der Waals surface area (Å²) in [6.07, 6.45) is 0. The van der Waals surface area contributed by atoms with E-state index in [0.717, 1.165) is 0 Å². The predicted octanol–water partition coefficient (Wildman–Crippen LogP) is 2.66. The number of carboxylic acid groups (broad SMARTS) is 1. The Hall–Kier alpha value is -1.38. The van der Waals surface area contributed by atoms with Gasteiger partial charge in [0.1, 0.15) is 11.9 Å². The summed E-state index contributed by atoms with van der Waals surface area (Å²) in [6.45, 7) is 3.37. The number of urea groups is 1. The lowest BCUT2D eigenvalue weighted by molar-refractivity contribution is -0.140. The predicted molar refractivity (Wildman–Crippen MR) is 77.5 cm³/mol. The topological polar surface area (TPSA) is 78.4 Å². The molecular weight excluding hydrogens is 366 g/mol. The number of carbonyl (C=O) groups is 2. The molecule has 1 aromatic carbocycles. The molecule has 0 aliphatic carbocycles. The highest BCUT2D eigenvalue weighted by Crippen LogP contribution is 2.20. The summed E-state index contributed by atoms with van der Waals surface area (Å²) in [6, 6.07) is 2.61. The number of benzene rings is 1. The standard InChI is InChI=1S/C12H14FIN2O3/c1-6(2)10(11(17)18)16-12(19)15-8-5-3-4-7(13)9(8)14/h3-6,10H,1-2H3,(H,17,18)(H2,15,16,19)/t10-/m1/s1. The lowest BCUT2D eigenvalue weighted by atomic mass is 10.1. The first-order valence-electron chi connectivity index (χ1n) is 5.57. The molecule has 0 bridgehead atoms. The van der Waals surface area contributed by atoms with Gasteiger partial charge in [0.2, 0.25) is 0 Å². The number of hydrogen-bond acceptors (Lipinski definition) is 2. The van der Waals surface area contributed by atoms with Crippen LogP contribution in [0.15, 0.2) is 18.2 Å².